The molecule has 1 aliphatic rings. The molecule has 0 saturated carbocycles. The Hall–Kier alpha value is -2.56. The number of anilines is 2. The van der Waals surface area contributed by atoms with Crippen LogP contribution >= 0.6 is 0 Å². The molecular weight excluding hydrogens is 269 g/mol. The van der Waals surface area contributed by atoms with Crippen LogP contribution in [0.2, 0.25) is 0 Å². The molecule has 0 aliphatic carbocycles. The fourth-order valence-electron chi connectivity index (χ4n) is 2.86. The standard InChI is InChI=1S/C16H11BF2N2/c18-11-6-3-7-12(19)16(11)17-20-13-8-1-4-10-5-2-9-14(21-17)15(10)13/h1-9,20-21H. The molecule has 4 rings (SSSR count). The highest BCUT2D eigenvalue weighted by Crippen LogP contribution is 2.33. The quantitative estimate of drug-likeness (QED) is 0.668. The molecule has 5 heteroatoms. The average molecular weight is 280 g/mol. The molecule has 0 saturated heterocycles. The molecule has 0 spiro atoms. The number of halogens is 2. The van der Waals surface area contributed by atoms with Crippen LogP contribution in [0.25, 0.3) is 10.8 Å². The van der Waals surface area contributed by atoms with E-state index in [-0.39, 0.29) is 5.46 Å². The van der Waals surface area contributed by atoms with Gasteiger partial charge in [0, 0.05) is 22.2 Å². The zero-order chi connectivity index (χ0) is 14.4. The summed E-state index contributed by atoms with van der Waals surface area (Å²) >= 11 is 0. The normalized spacial score (nSPS) is 13.0. The number of hydrogen-bond donors (Lipinski definition) is 2. The van der Waals surface area contributed by atoms with Gasteiger partial charge in [-0.1, -0.05) is 30.3 Å². The Balaban J connectivity index is 1.87. The van der Waals surface area contributed by atoms with Crippen LogP contribution in [-0.4, -0.2) is 6.98 Å². The topological polar surface area (TPSA) is 24.1 Å². The van der Waals surface area contributed by atoms with Crippen LogP contribution in [0.5, 0.6) is 0 Å². The zero-order valence-electron chi connectivity index (χ0n) is 11.0. The highest BCUT2D eigenvalue weighted by Gasteiger charge is 2.30. The lowest BCUT2D eigenvalue weighted by Crippen LogP contribution is -2.50. The summed E-state index contributed by atoms with van der Waals surface area (Å²) in [5.41, 5.74) is 1.74. The van der Waals surface area contributed by atoms with Gasteiger partial charge < -0.3 is 10.5 Å². The first-order chi connectivity index (χ1) is 10.2. The molecule has 0 radical (unpaired) electrons. The molecule has 3 aromatic carbocycles. The second-order valence-electron chi connectivity index (χ2n) is 5.07. The van der Waals surface area contributed by atoms with Crippen molar-refractivity contribution in [2.24, 2.45) is 0 Å². The first kappa shape index (κ1) is 12.2. The smallest absolute Gasteiger partial charge is 0.405 e. The van der Waals surface area contributed by atoms with Crippen molar-refractivity contribution in [2.45, 2.75) is 0 Å². The first-order valence-electron chi connectivity index (χ1n) is 6.73. The van der Waals surface area contributed by atoms with Crippen molar-refractivity contribution in [1.29, 1.82) is 0 Å². The Morgan fingerprint density at radius 3 is 1.81 bits per heavy atom. The van der Waals surface area contributed by atoms with Gasteiger partial charge in [0.2, 0.25) is 0 Å². The van der Waals surface area contributed by atoms with Gasteiger partial charge in [-0.3, -0.25) is 0 Å². The summed E-state index contributed by atoms with van der Waals surface area (Å²) in [6, 6.07) is 15.6. The molecule has 0 amide bonds. The molecule has 1 aliphatic heterocycles. The third-order valence-corrected chi connectivity index (χ3v) is 3.79. The highest BCUT2D eigenvalue weighted by atomic mass is 19.1. The molecule has 0 atom stereocenters. The van der Waals surface area contributed by atoms with Gasteiger partial charge in [-0.2, -0.15) is 0 Å². The Bertz CT molecular complexity index is 790. The molecule has 0 bridgehead atoms. The van der Waals surface area contributed by atoms with Crippen LogP contribution in [0.3, 0.4) is 0 Å². The van der Waals surface area contributed by atoms with Gasteiger partial charge in [0.25, 0.3) is 0 Å². The molecular formula is C16H11BF2N2. The summed E-state index contributed by atoms with van der Waals surface area (Å²) in [6.07, 6.45) is 0. The van der Waals surface area contributed by atoms with Crippen LogP contribution in [0, 0.1) is 11.6 Å². The zero-order valence-corrected chi connectivity index (χ0v) is 11.0. The maximum atomic E-state index is 14.0. The van der Waals surface area contributed by atoms with Gasteiger partial charge in [0.05, 0.1) is 0 Å². The predicted molar refractivity (Wildman–Crippen MR) is 82.9 cm³/mol. The molecule has 0 aromatic heterocycles. The van der Waals surface area contributed by atoms with E-state index in [0.29, 0.717) is 0 Å². The van der Waals surface area contributed by atoms with E-state index in [0.717, 1.165) is 22.1 Å². The van der Waals surface area contributed by atoms with Crippen molar-refractivity contribution < 1.29 is 8.78 Å². The van der Waals surface area contributed by atoms with Crippen molar-refractivity contribution in [2.75, 3.05) is 10.5 Å². The third kappa shape index (κ3) is 1.85. The average Bonchev–Trinajstić information content (AvgIpc) is 2.47. The summed E-state index contributed by atoms with van der Waals surface area (Å²) in [5, 5.41) is 8.45. The van der Waals surface area contributed by atoms with Crippen LogP contribution in [0.15, 0.2) is 54.6 Å². The van der Waals surface area contributed by atoms with Crippen molar-refractivity contribution in [3.05, 3.63) is 66.2 Å². The molecule has 1 heterocycles. The Morgan fingerprint density at radius 2 is 1.24 bits per heavy atom. The summed E-state index contributed by atoms with van der Waals surface area (Å²) in [7, 11) is 0. The fourth-order valence-corrected chi connectivity index (χ4v) is 2.86. The van der Waals surface area contributed by atoms with Crippen molar-refractivity contribution in [3.8, 4) is 0 Å². The summed E-state index contributed by atoms with van der Waals surface area (Å²) in [6.45, 7) is -0.633. The van der Waals surface area contributed by atoms with Crippen LogP contribution < -0.4 is 15.9 Å². The van der Waals surface area contributed by atoms with Crippen molar-refractivity contribution in [1.82, 2.24) is 0 Å². The minimum atomic E-state index is -0.633. The van der Waals surface area contributed by atoms with E-state index in [9.17, 15) is 8.78 Å². The van der Waals surface area contributed by atoms with E-state index in [4.69, 9.17) is 0 Å². The second-order valence-corrected chi connectivity index (χ2v) is 5.07. The van der Waals surface area contributed by atoms with E-state index >= 15 is 0 Å². The van der Waals surface area contributed by atoms with Crippen molar-refractivity contribution >= 4 is 34.6 Å². The largest absolute Gasteiger partial charge is 0.412 e. The SMILES string of the molecule is Fc1cccc(F)c1B1Nc2cccc3cccc(c23)N1. The Morgan fingerprint density at radius 1 is 0.714 bits per heavy atom. The molecule has 2 nitrogen and oxygen atoms in total. The van der Waals surface area contributed by atoms with Gasteiger partial charge in [-0.25, -0.2) is 8.78 Å². The minimum absolute atomic E-state index is 0.00371. The Kier molecular flexibility index (Phi) is 2.60. The lowest BCUT2D eigenvalue weighted by atomic mass is 9.65. The van der Waals surface area contributed by atoms with E-state index in [1.54, 1.807) is 0 Å². The third-order valence-electron chi connectivity index (χ3n) is 3.79. The molecule has 102 valence electrons. The van der Waals surface area contributed by atoms with Crippen LogP contribution in [0.1, 0.15) is 0 Å². The van der Waals surface area contributed by atoms with Gasteiger partial charge in [-0.15, -0.1) is 0 Å². The molecule has 0 fully saturated rings. The van der Waals surface area contributed by atoms with E-state index < -0.39 is 18.6 Å². The molecule has 21 heavy (non-hydrogen) atoms. The second kappa shape index (κ2) is 4.48. The first-order valence-corrected chi connectivity index (χ1v) is 6.73. The minimum Gasteiger partial charge on any atom is -0.405 e. The van der Waals surface area contributed by atoms with Crippen LogP contribution in [0.4, 0.5) is 20.2 Å². The number of benzene rings is 3. The molecule has 0 unspecified atom stereocenters. The lowest BCUT2D eigenvalue weighted by molar-refractivity contribution is 0.597. The molecule has 3 aromatic rings. The van der Waals surface area contributed by atoms with Crippen molar-refractivity contribution in [3.63, 3.8) is 0 Å². The van der Waals surface area contributed by atoms with E-state index in [1.165, 1.54) is 18.2 Å². The number of rotatable bonds is 1. The monoisotopic (exact) mass is 280 g/mol. The summed E-state index contributed by atoms with van der Waals surface area (Å²) in [5.74, 6) is -1.13. The Labute approximate surface area is 120 Å². The highest BCUT2D eigenvalue weighted by molar-refractivity contribution is 6.80. The number of hydrogen-bond acceptors (Lipinski definition) is 2. The van der Waals surface area contributed by atoms with Gasteiger partial charge in [0.1, 0.15) is 11.6 Å². The lowest BCUT2D eigenvalue weighted by Gasteiger charge is -2.27. The summed E-state index contributed by atoms with van der Waals surface area (Å²) < 4.78 is 28.0. The van der Waals surface area contributed by atoms with E-state index in [2.05, 4.69) is 10.5 Å². The summed E-state index contributed by atoms with van der Waals surface area (Å²) in [4.78, 5) is 0. The number of nitrogens with one attached hydrogen (secondary N) is 2. The van der Waals surface area contributed by atoms with Gasteiger partial charge >= 0.3 is 6.98 Å². The van der Waals surface area contributed by atoms with Gasteiger partial charge in [0.15, 0.2) is 0 Å². The van der Waals surface area contributed by atoms with Crippen LogP contribution in [-0.2, 0) is 0 Å². The fraction of sp³-hybridized carbons (Fsp3) is 0. The molecule has 2 N–H and O–H groups in total. The maximum Gasteiger partial charge on any atom is 0.412 e. The van der Waals surface area contributed by atoms with E-state index in [1.807, 2.05) is 36.4 Å². The maximum absolute atomic E-state index is 14.0. The van der Waals surface area contributed by atoms with Gasteiger partial charge in [-0.05, 0) is 29.7 Å². The predicted octanol–water partition coefficient (Wildman–Crippen LogP) is 3.35.